The second-order valence-corrected chi connectivity index (χ2v) is 32.2. The number of halogens is 2. The Hall–Kier alpha value is -4.96. The SMILES string of the molecule is CC(C)c1cc(C#N)c(F)c(C(C)C)c1NC(=O)NS(=O)(=O)c1sc(C(C)(C)O)nc1CCO.CC(C)c1cc(C#N)c(F)c(C(C)C)c1NC(=O)NS(=O)(=O)c1sc(C(C)(C)O)nc1CCO[Si](C)(C)C(C)(C)C. The van der Waals surface area contributed by atoms with E-state index in [9.17, 15) is 56.7 Å². The number of nitriles is 2. The van der Waals surface area contributed by atoms with Crippen LogP contribution >= 0.6 is 22.7 Å². The number of carbonyl (C=O) groups excluding carboxylic acids is 2. The summed E-state index contributed by atoms with van der Waals surface area (Å²) in [5.41, 5.74) is -1.52. The van der Waals surface area contributed by atoms with Crippen LogP contribution in [0.25, 0.3) is 0 Å². The number of anilines is 2. The van der Waals surface area contributed by atoms with E-state index in [2.05, 4.69) is 54.5 Å². The lowest BCUT2D eigenvalue weighted by Gasteiger charge is -2.36. The van der Waals surface area contributed by atoms with E-state index in [1.807, 2.05) is 35.4 Å². The Morgan fingerprint density at radius 3 is 1.31 bits per heavy atom. The highest BCUT2D eigenvalue weighted by Crippen LogP contribution is 2.40. The molecule has 2 aromatic heterocycles. The van der Waals surface area contributed by atoms with Crippen molar-refractivity contribution in [1.82, 2.24) is 19.4 Å². The molecule has 0 unspecified atom stereocenters. The minimum Gasteiger partial charge on any atom is -0.416 e. The van der Waals surface area contributed by atoms with E-state index in [1.54, 1.807) is 41.5 Å². The number of carbonyl (C=O) groups is 2. The third kappa shape index (κ3) is 15.8. The Kier molecular flexibility index (Phi) is 21.1. The summed E-state index contributed by atoms with van der Waals surface area (Å²) >= 11 is 1.46. The van der Waals surface area contributed by atoms with Crippen LogP contribution in [-0.4, -0.2) is 75.7 Å². The molecule has 0 radical (unpaired) electrons. The summed E-state index contributed by atoms with van der Waals surface area (Å²) in [4.78, 5) is 34.4. The predicted molar refractivity (Wildman–Crippen MR) is 290 cm³/mol. The molecule has 0 bridgehead atoms. The van der Waals surface area contributed by atoms with Gasteiger partial charge in [-0.15, -0.1) is 22.7 Å². The zero-order valence-electron chi connectivity index (χ0n) is 45.7. The van der Waals surface area contributed by atoms with Crippen LogP contribution in [0.4, 0.5) is 29.7 Å². The fourth-order valence-corrected chi connectivity index (χ4v) is 13.1. The van der Waals surface area contributed by atoms with Crippen molar-refractivity contribution in [3.8, 4) is 12.1 Å². The first-order valence-corrected chi connectivity index (χ1v) is 31.6. The van der Waals surface area contributed by atoms with Gasteiger partial charge in [-0.1, -0.05) is 76.2 Å². The Bertz CT molecular complexity index is 3070. The Labute approximate surface area is 449 Å². The van der Waals surface area contributed by atoms with Gasteiger partial charge in [0.2, 0.25) is 0 Å². The maximum atomic E-state index is 15.2. The monoisotopic (exact) mass is 1140 g/mol. The number of urea groups is 2. The molecule has 0 saturated carbocycles. The average Bonchev–Trinajstić information content (AvgIpc) is 3.90. The number of thiazole rings is 2. The van der Waals surface area contributed by atoms with E-state index in [0.29, 0.717) is 22.5 Å². The van der Waals surface area contributed by atoms with Crippen LogP contribution < -0.4 is 20.1 Å². The first-order chi connectivity index (χ1) is 34.2. The van der Waals surface area contributed by atoms with Crippen LogP contribution in [-0.2, 0) is 48.5 Å². The molecular formula is C50H72F2N8O10S4Si. The summed E-state index contributed by atoms with van der Waals surface area (Å²) in [6, 6.07) is 4.16. The van der Waals surface area contributed by atoms with Gasteiger partial charge < -0.3 is 30.4 Å². The zero-order chi connectivity index (χ0) is 57.7. The van der Waals surface area contributed by atoms with Gasteiger partial charge in [0.1, 0.15) is 45.0 Å². The summed E-state index contributed by atoms with van der Waals surface area (Å²) in [5.74, 6) is -2.76. The van der Waals surface area contributed by atoms with Crippen LogP contribution in [0, 0.1) is 34.3 Å². The van der Waals surface area contributed by atoms with Gasteiger partial charge in [0, 0.05) is 37.2 Å². The zero-order valence-corrected chi connectivity index (χ0v) is 49.9. The van der Waals surface area contributed by atoms with Crippen LogP contribution in [0.2, 0.25) is 18.1 Å². The number of nitrogens with one attached hydrogen (secondary N) is 4. The molecule has 0 atom stereocenters. The minimum absolute atomic E-state index is 0.0140. The summed E-state index contributed by atoms with van der Waals surface area (Å²) in [7, 11) is -11.0. The molecule has 0 aliphatic carbocycles. The van der Waals surface area contributed by atoms with Crippen LogP contribution in [0.15, 0.2) is 20.6 Å². The van der Waals surface area contributed by atoms with E-state index in [4.69, 9.17) is 4.43 Å². The molecule has 4 aromatic rings. The van der Waals surface area contributed by atoms with Crippen molar-refractivity contribution in [2.24, 2.45) is 0 Å². The number of aromatic nitrogens is 2. The lowest BCUT2D eigenvalue weighted by Crippen LogP contribution is -2.41. The Morgan fingerprint density at radius 2 is 1.03 bits per heavy atom. The van der Waals surface area contributed by atoms with Crippen molar-refractivity contribution in [1.29, 1.82) is 10.5 Å². The van der Waals surface area contributed by atoms with E-state index in [0.717, 1.165) is 11.3 Å². The van der Waals surface area contributed by atoms with Crippen molar-refractivity contribution in [3.05, 3.63) is 78.6 Å². The largest absolute Gasteiger partial charge is 0.416 e. The second kappa shape index (κ2) is 24.6. The fourth-order valence-electron chi connectivity index (χ4n) is 7.11. The molecule has 0 spiro atoms. The highest BCUT2D eigenvalue weighted by molar-refractivity contribution is 7.92. The summed E-state index contributed by atoms with van der Waals surface area (Å²) in [6.07, 6.45) is 0.0626. The number of rotatable bonds is 18. The molecule has 7 N–H and O–H groups in total. The number of hydrogen-bond donors (Lipinski definition) is 7. The first kappa shape index (κ1) is 64.3. The highest BCUT2D eigenvalue weighted by atomic mass is 32.3. The summed E-state index contributed by atoms with van der Waals surface area (Å²) < 4.78 is 92.7. The molecule has 0 saturated heterocycles. The van der Waals surface area contributed by atoms with Gasteiger partial charge in [0.05, 0.1) is 33.9 Å². The predicted octanol–water partition coefficient (Wildman–Crippen LogP) is 10.4. The van der Waals surface area contributed by atoms with Crippen molar-refractivity contribution in [3.63, 3.8) is 0 Å². The smallest absolute Gasteiger partial charge is 0.333 e. The molecule has 414 valence electrons. The van der Waals surface area contributed by atoms with Gasteiger partial charge in [0.15, 0.2) is 16.7 Å². The molecule has 2 heterocycles. The van der Waals surface area contributed by atoms with Crippen LogP contribution in [0.1, 0.15) is 182 Å². The number of nitrogens with zero attached hydrogens (tertiary/aromatic N) is 4. The van der Waals surface area contributed by atoms with E-state index >= 15 is 4.39 Å². The first-order valence-electron chi connectivity index (χ1n) is 24.1. The lowest BCUT2D eigenvalue weighted by atomic mass is 9.90. The van der Waals surface area contributed by atoms with Crippen LogP contribution in [0.3, 0.4) is 0 Å². The number of benzene rings is 2. The van der Waals surface area contributed by atoms with Crippen molar-refractivity contribution < 1.29 is 55.0 Å². The average molecular weight is 1140 g/mol. The normalized spacial score (nSPS) is 12.6. The molecule has 4 rings (SSSR count). The van der Waals surface area contributed by atoms with Gasteiger partial charge in [-0.05, 0) is 92.8 Å². The van der Waals surface area contributed by atoms with Crippen molar-refractivity contribution in [2.45, 2.75) is 178 Å². The molecule has 25 heteroatoms. The number of aliphatic hydroxyl groups is 3. The third-order valence-electron chi connectivity index (χ3n) is 12.0. The second-order valence-electron chi connectivity index (χ2n) is 21.7. The quantitative estimate of drug-likeness (QED) is 0.0456. The topological polar surface area (TPSA) is 294 Å². The van der Waals surface area contributed by atoms with E-state index in [-0.39, 0.29) is 106 Å². The van der Waals surface area contributed by atoms with Crippen LogP contribution in [0.5, 0.6) is 0 Å². The molecule has 75 heavy (non-hydrogen) atoms. The van der Waals surface area contributed by atoms with Gasteiger partial charge in [-0.25, -0.2) is 54.6 Å². The van der Waals surface area contributed by atoms with E-state index in [1.165, 1.54) is 39.8 Å². The highest BCUT2D eigenvalue weighted by Gasteiger charge is 2.38. The fraction of sp³-hybridized carbons (Fsp3) is 0.560. The maximum absolute atomic E-state index is 15.2. The van der Waals surface area contributed by atoms with E-state index < -0.39 is 75.1 Å². The number of aliphatic hydroxyl groups excluding tert-OH is 1. The third-order valence-corrected chi connectivity index (χ3v) is 23.2. The molecule has 0 aliphatic rings. The molecule has 4 amide bonds. The Morgan fingerprint density at radius 1 is 0.680 bits per heavy atom. The maximum Gasteiger partial charge on any atom is 0.333 e. The van der Waals surface area contributed by atoms with Gasteiger partial charge >= 0.3 is 12.1 Å². The molecular weight excluding hydrogens is 1070 g/mol. The van der Waals surface area contributed by atoms with Gasteiger partial charge in [-0.3, -0.25) is 0 Å². The molecule has 0 aliphatic heterocycles. The molecule has 18 nitrogen and oxygen atoms in total. The molecule has 0 fully saturated rings. The summed E-state index contributed by atoms with van der Waals surface area (Å²) in [5, 5.41) is 54.0. The summed E-state index contributed by atoms with van der Waals surface area (Å²) in [6.45, 7) is 30.3. The molecule has 2 aromatic carbocycles. The van der Waals surface area contributed by atoms with Gasteiger partial charge in [0.25, 0.3) is 20.0 Å². The Balaban J connectivity index is 0.000000402. The van der Waals surface area contributed by atoms with Gasteiger partial charge in [-0.2, -0.15) is 10.5 Å². The number of amides is 4. The minimum atomic E-state index is -4.44. The lowest BCUT2D eigenvalue weighted by molar-refractivity contribution is 0.0775. The van der Waals surface area contributed by atoms with Crippen molar-refractivity contribution >= 4 is 74.5 Å². The number of hydrogen-bond acceptors (Lipinski definition) is 16. The standard InChI is InChI=1S/C28H43FN4O5S2Si.C22H29FN4O5S2/c1-16(2)19-14-18(15-30)22(29)21(17(3)4)23(19)32-26(34)33-40(36,37)24-20(31-25(39-24)28(8,9)35)12-13-38-41(10,11)27(5,6)7;1-11(2)14-9-13(10-24)17(23)16(12(3)4)18(14)26-21(29)27-34(31,32)19-15(7-8-28)25-20(33-19)22(5,6)30/h14,16-17,35H,12-13H2,1-11H3,(H2,32,33,34);9,11-12,28,30H,7-8H2,1-6H3,(H2,26,27,29). The number of sulfonamides is 2. The van der Waals surface area contributed by atoms with Crippen molar-refractivity contribution in [2.75, 3.05) is 23.8 Å².